The van der Waals surface area contributed by atoms with E-state index in [1.807, 2.05) is 6.92 Å². The Morgan fingerprint density at radius 1 is 1.40 bits per heavy atom. The topological polar surface area (TPSA) is 100 Å². The Balaban J connectivity index is 2.18. The van der Waals surface area contributed by atoms with Crippen LogP contribution in [-0.2, 0) is 0 Å². The number of aliphatic hydroxyl groups is 1. The molecule has 0 spiro atoms. The molecule has 1 aromatic rings. The highest BCUT2D eigenvalue weighted by Crippen LogP contribution is 2.25. The van der Waals surface area contributed by atoms with E-state index in [9.17, 15) is 15.2 Å². The lowest BCUT2D eigenvalue weighted by atomic mass is 9.92. The third-order valence-corrected chi connectivity index (χ3v) is 3.44. The van der Waals surface area contributed by atoms with Gasteiger partial charge in [-0.3, -0.25) is 10.1 Å². The molecule has 0 aromatic carbocycles. The van der Waals surface area contributed by atoms with Gasteiger partial charge in [0.1, 0.15) is 11.6 Å². The van der Waals surface area contributed by atoms with E-state index in [0.717, 1.165) is 25.7 Å². The van der Waals surface area contributed by atoms with E-state index in [4.69, 9.17) is 0 Å². The van der Waals surface area contributed by atoms with Crippen molar-refractivity contribution in [2.75, 3.05) is 17.2 Å². The van der Waals surface area contributed by atoms with Crippen LogP contribution < -0.4 is 10.6 Å². The van der Waals surface area contributed by atoms with Crippen molar-refractivity contribution in [2.24, 2.45) is 0 Å². The van der Waals surface area contributed by atoms with Gasteiger partial charge in [-0.1, -0.05) is 12.8 Å². The summed E-state index contributed by atoms with van der Waals surface area (Å²) in [6, 6.07) is 2.72. The van der Waals surface area contributed by atoms with Gasteiger partial charge in [-0.05, 0) is 19.8 Å². The molecule has 1 aliphatic carbocycles. The minimum Gasteiger partial charge on any atom is -0.391 e. The van der Waals surface area contributed by atoms with Gasteiger partial charge in [0.05, 0.1) is 29.2 Å². The third-order valence-electron chi connectivity index (χ3n) is 3.44. The van der Waals surface area contributed by atoms with Crippen LogP contribution in [0.15, 0.2) is 12.1 Å². The maximum Gasteiger partial charge on any atom is 0.276 e. The average molecular weight is 280 g/mol. The zero-order valence-electron chi connectivity index (χ0n) is 11.5. The minimum absolute atomic E-state index is 0.0104. The van der Waals surface area contributed by atoms with Crippen molar-refractivity contribution in [3.63, 3.8) is 0 Å². The van der Waals surface area contributed by atoms with E-state index in [0.29, 0.717) is 18.2 Å². The fourth-order valence-electron chi connectivity index (χ4n) is 2.44. The highest BCUT2D eigenvalue weighted by molar-refractivity contribution is 5.55. The number of nitro groups is 1. The van der Waals surface area contributed by atoms with Crippen LogP contribution in [-0.4, -0.2) is 33.7 Å². The molecule has 7 nitrogen and oxygen atoms in total. The first kappa shape index (κ1) is 14.5. The summed E-state index contributed by atoms with van der Waals surface area (Å²) in [7, 11) is 0. The second-order valence-corrected chi connectivity index (χ2v) is 4.99. The molecule has 0 bridgehead atoms. The number of nitrogens with zero attached hydrogens (tertiary/aromatic N) is 2. The van der Waals surface area contributed by atoms with E-state index >= 15 is 0 Å². The molecule has 1 fully saturated rings. The molecule has 1 aromatic heterocycles. The van der Waals surface area contributed by atoms with Crippen LogP contribution >= 0.6 is 0 Å². The van der Waals surface area contributed by atoms with E-state index in [-0.39, 0.29) is 11.7 Å². The second kappa shape index (κ2) is 6.51. The molecular formula is C13H20N4O3. The maximum absolute atomic E-state index is 10.9. The highest BCUT2D eigenvalue weighted by Gasteiger charge is 2.24. The molecule has 0 amide bonds. The Bertz CT molecular complexity index is 481. The van der Waals surface area contributed by atoms with Crippen LogP contribution in [0.5, 0.6) is 0 Å². The number of hydrogen-bond acceptors (Lipinski definition) is 6. The van der Waals surface area contributed by atoms with Crippen LogP contribution in [0.4, 0.5) is 17.3 Å². The van der Waals surface area contributed by atoms with Crippen LogP contribution in [0.1, 0.15) is 32.6 Å². The van der Waals surface area contributed by atoms with E-state index in [1.54, 1.807) is 0 Å². The molecule has 1 heterocycles. The molecule has 1 aliphatic rings. The molecule has 0 aliphatic heterocycles. The van der Waals surface area contributed by atoms with Gasteiger partial charge in [0.2, 0.25) is 0 Å². The Labute approximate surface area is 117 Å². The lowest BCUT2D eigenvalue weighted by Crippen LogP contribution is -2.36. The fraction of sp³-hybridized carbons (Fsp3) is 0.615. The van der Waals surface area contributed by atoms with Crippen molar-refractivity contribution >= 4 is 17.3 Å². The smallest absolute Gasteiger partial charge is 0.276 e. The van der Waals surface area contributed by atoms with Crippen molar-refractivity contribution in [1.82, 2.24) is 4.98 Å². The number of pyridine rings is 1. The average Bonchev–Trinajstić information content (AvgIpc) is 2.41. The fourth-order valence-corrected chi connectivity index (χ4v) is 2.44. The summed E-state index contributed by atoms with van der Waals surface area (Å²) < 4.78 is 0. The van der Waals surface area contributed by atoms with Gasteiger partial charge in [0, 0.05) is 6.54 Å². The molecular weight excluding hydrogens is 260 g/mol. The highest BCUT2D eigenvalue weighted by atomic mass is 16.6. The van der Waals surface area contributed by atoms with Crippen molar-refractivity contribution in [3.8, 4) is 0 Å². The van der Waals surface area contributed by atoms with Crippen LogP contribution in [0.2, 0.25) is 0 Å². The molecule has 2 unspecified atom stereocenters. The summed E-state index contributed by atoms with van der Waals surface area (Å²) in [4.78, 5) is 14.8. The number of aromatic nitrogens is 1. The SMILES string of the molecule is CCNc1cc([N+](=O)[O-])cc(NC2CCCCC2O)n1. The second-order valence-electron chi connectivity index (χ2n) is 4.99. The summed E-state index contributed by atoms with van der Waals surface area (Å²) in [5.74, 6) is 0.899. The zero-order valence-corrected chi connectivity index (χ0v) is 11.5. The van der Waals surface area contributed by atoms with Crippen molar-refractivity contribution in [3.05, 3.63) is 22.2 Å². The lowest BCUT2D eigenvalue weighted by Gasteiger charge is -2.28. The Kier molecular flexibility index (Phi) is 4.73. The minimum atomic E-state index is -0.439. The quantitative estimate of drug-likeness (QED) is 0.564. The summed E-state index contributed by atoms with van der Waals surface area (Å²) >= 11 is 0. The molecule has 0 saturated heterocycles. The number of rotatable bonds is 5. The normalized spacial score (nSPS) is 22.3. The third kappa shape index (κ3) is 3.57. The lowest BCUT2D eigenvalue weighted by molar-refractivity contribution is -0.384. The standard InChI is InChI=1S/C13H20N4O3/c1-2-14-12-7-9(17(19)20)8-13(16-12)15-10-5-3-4-6-11(10)18/h7-8,10-11,18H,2-6H2,1H3,(H2,14,15,16). The monoisotopic (exact) mass is 280 g/mol. The summed E-state index contributed by atoms with van der Waals surface area (Å²) in [5, 5.41) is 27.0. The van der Waals surface area contributed by atoms with Gasteiger partial charge >= 0.3 is 0 Å². The van der Waals surface area contributed by atoms with E-state index < -0.39 is 11.0 Å². The van der Waals surface area contributed by atoms with Gasteiger partial charge in [-0.15, -0.1) is 0 Å². The first-order chi connectivity index (χ1) is 9.60. The predicted octanol–water partition coefficient (Wildman–Crippen LogP) is 2.14. The van der Waals surface area contributed by atoms with Gasteiger partial charge in [-0.2, -0.15) is 0 Å². The van der Waals surface area contributed by atoms with E-state index in [1.165, 1.54) is 12.1 Å². The number of aliphatic hydroxyl groups excluding tert-OH is 1. The Morgan fingerprint density at radius 2 is 2.10 bits per heavy atom. The first-order valence-corrected chi connectivity index (χ1v) is 6.95. The van der Waals surface area contributed by atoms with Crippen molar-refractivity contribution < 1.29 is 10.0 Å². The zero-order chi connectivity index (χ0) is 14.5. The summed E-state index contributed by atoms with van der Waals surface area (Å²) in [6.45, 7) is 2.54. The Hall–Kier alpha value is -1.89. The van der Waals surface area contributed by atoms with Crippen LogP contribution in [0, 0.1) is 10.1 Å². The largest absolute Gasteiger partial charge is 0.391 e. The number of hydrogen-bond donors (Lipinski definition) is 3. The van der Waals surface area contributed by atoms with Gasteiger partial charge < -0.3 is 15.7 Å². The van der Waals surface area contributed by atoms with Crippen molar-refractivity contribution in [1.29, 1.82) is 0 Å². The molecule has 110 valence electrons. The van der Waals surface area contributed by atoms with Crippen LogP contribution in [0.3, 0.4) is 0 Å². The number of nitrogens with one attached hydrogen (secondary N) is 2. The molecule has 7 heteroatoms. The van der Waals surface area contributed by atoms with Gasteiger partial charge in [-0.25, -0.2) is 4.98 Å². The molecule has 2 rings (SSSR count). The van der Waals surface area contributed by atoms with Crippen LogP contribution in [0.25, 0.3) is 0 Å². The summed E-state index contributed by atoms with van der Waals surface area (Å²) in [5.41, 5.74) is -0.0104. The first-order valence-electron chi connectivity index (χ1n) is 6.95. The molecule has 1 saturated carbocycles. The van der Waals surface area contributed by atoms with Gasteiger partial charge in [0.15, 0.2) is 0 Å². The van der Waals surface area contributed by atoms with Gasteiger partial charge in [0.25, 0.3) is 5.69 Å². The molecule has 3 N–H and O–H groups in total. The van der Waals surface area contributed by atoms with Crippen molar-refractivity contribution in [2.45, 2.75) is 44.8 Å². The van der Waals surface area contributed by atoms with E-state index in [2.05, 4.69) is 15.6 Å². The molecule has 20 heavy (non-hydrogen) atoms. The maximum atomic E-state index is 10.9. The predicted molar refractivity (Wildman–Crippen MR) is 76.9 cm³/mol. The molecule has 0 radical (unpaired) electrons. The number of anilines is 2. The Morgan fingerprint density at radius 3 is 2.75 bits per heavy atom. The summed E-state index contributed by atoms with van der Waals surface area (Å²) in [6.07, 6.45) is 3.25. The molecule has 2 atom stereocenters.